The summed E-state index contributed by atoms with van der Waals surface area (Å²) in [5.41, 5.74) is 0. The number of aromatic nitrogens is 2. The number of rotatable bonds is 3. The first-order valence-electron chi connectivity index (χ1n) is 7.68. The van der Waals surface area contributed by atoms with Gasteiger partial charge < -0.3 is 19.1 Å². The number of morpholine rings is 1. The van der Waals surface area contributed by atoms with E-state index >= 15 is 0 Å². The lowest BCUT2D eigenvalue weighted by molar-refractivity contribution is -0.148. The molecule has 6 nitrogen and oxygen atoms in total. The first-order chi connectivity index (χ1) is 10.1. The van der Waals surface area contributed by atoms with Crippen molar-refractivity contribution in [3.8, 4) is 0 Å². The maximum Gasteiger partial charge on any atom is 0.252 e. The first-order valence-corrected chi connectivity index (χ1v) is 7.68. The largest absolute Gasteiger partial charge is 0.366 e. The molecule has 1 saturated heterocycles. The fraction of sp³-hybridized carbons (Fsp3) is 0.733. The highest BCUT2D eigenvalue weighted by Crippen LogP contribution is 2.20. The van der Waals surface area contributed by atoms with Crippen LogP contribution in [0.2, 0.25) is 0 Å². The fourth-order valence-electron chi connectivity index (χ4n) is 3.22. The normalized spacial score (nSPS) is 26.4. The lowest BCUT2D eigenvalue weighted by Gasteiger charge is -2.33. The van der Waals surface area contributed by atoms with Gasteiger partial charge in [-0.1, -0.05) is 0 Å². The molecule has 1 aromatic rings. The summed E-state index contributed by atoms with van der Waals surface area (Å²) in [6, 6.07) is 0. The molecule has 116 valence electrons. The molecule has 1 aromatic heterocycles. The summed E-state index contributed by atoms with van der Waals surface area (Å²) in [7, 11) is 3.92. The van der Waals surface area contributed by atoms with Crippen molar-refractivity contribution in [3.63, 3.8) is 0 Å². The quantitative estimate of drug-likeness (QED) is 0.800. The molecule has 3 rings (SSSR count). The van der Waals surface area contributed by atoms with E-state index in [0.29, 0.717) is 19.1 Å². The SMILES string of the molecule is CN1CCO[C@H](C(=O)N(C)C[C@@H]2CCn3ccnc3C2)C1. The molecule has 2 aliphatic heterocycles. The molecule has 0 aromatic carbocycles. The highest BCUT2D eigenvalue weighted by molar-refractivity contribution is 5.81. The number of fused-ring (bicyclic) bond motifs is 1. The lowest BCUT2D eigenvalue weighted by Crippen LogP contribution is -2.50. The number of likely N-dealkylation sites (N-methyl/N-ethyl adjacent to an activating group) is 2. The minimum Gasteiger partial charge on any atom is -0.366 e. The van der Waals surface area contributed by atoms with Gasteiger partial charge in [-0.05, 0) is 19.4 Å². The summed E-state index contributed by atoms with van der Waals surface area (Å²) in [5.74, 6) is 1.74. The average Bonchev–Trinajstić information content (AvgIpc) is 2.94. The molecule has 0 spiro atoms. The Balaban J connectivity index is 1.54. The molecule has 2 atom stereocenters. The third kappa shape index (κ3) is 3.27. The van der Waals surface area contributed by atoms with Gasteiger partial charge in [0, 0.05) is 52.0 Å². The van der Waals surface area contributed by atoms with Crippen LogP contribution in [0.25, 0.3) is 0 Å². The summed E-state index contributed by atoms with van der Waals surface area (Å²) in [6.07, 6.45) is 5.65. The minimum atomic E-state index is -0.306. The number of amides is 1. The van der Waals surface area contributed by atoms with Crippen LogP contribution in [0.3, 0.4) is 0 Å². The van der Waals surface area contributed by atoms with E-state index < -0.39 is 0 Å². The van der Waals surface area contributed by atoms with Gasteiger partial charge in [-0.3, -0.25) is 4.79 Å². The van der Waals surface area contributed by atoms with E-state index in [0.717, 1.165) is 38.3 Å². The third-order valence-corrected chi connectivity index (χ3v) is 4.50. The first kappa shape index (κ1) is 14.5. The van der Waals surface area contributed by atoms with Crippen LogP contribution < -0.4 is 0 Å². The molecule has 0 saturated carbocycles. The molecular weight excluding hydrogens is 268 g/mol. The standard InChI is InChI=1S/C15H24N4O2/c1-17-7-8-21-13(11-17)15(20)18(2)10-12-3-5-19-6-4-16-14(19)9-12/h4,6,12-13H,3,5,7-11H2,1-2H3/t12-,13+/m1/s1. The molecule has 0 unspecified atom stereocenters. The highest BCUT2D eigenvalue weighted by Gasteiger charge is 2.29. The van der Waals surface area contributed by atoms with Crippen LogP contribution in [0.1, 0.15) is 12.2 Å². The topological polar surface area (TPSA) is 50.6 Å². The molecule has 6 heteroatoms. The molecule has 0 bridgehead atoms. The van der Waals surface area contributed by atoms with Crippen LogP contribution in [0.15, 0.2) is 12.4 Å². The Morgan fingerprint density at radius 3 is 3.19 bits per heavy atom. The number of carbonyl (C=O) groups excluding carboxylic acids is 1. The van der Waals surface area contributed by atoms with Crippen molar-refractivity contribution in [1.29, 1.82) is 0 Å². The van der Waals surface area contributed by atoms with Crippen molar-refractivity contribution in [3.05, 3.63) is 18.2 Å². The molecule has 3 heterocycles. The van der Waals surface area contributed by atoms with Crippen LogP contribution in [0, 0.1) is 5.92 Å². The van der Waals surface area contributed by atoms with Crippen molar-refractivity contribution in [2.24, 2.45) is 5.92 Å². The Morgan fingerprint density at radius 2 is 2.38 bits per heavy atom. The Morgan fingerprint density at radius 1 is 1.52 bits per heavy atom. The zero-order valence-corrected chi connectivity index (χ0v) is 12.9. The van der Waals surface area contributed by atoms with Crippen molar-refractivity contribution in [1.82, 2.24) is 19.4 Å². The van der Waals surface area contributed by atoms with E-state index in [-0.39, 0.29) is 12.0 Å². The summed E-state index contributed by atoms with van der Waals surface area (Å²) in [4.78, 5) is 20.8. The van der Waals surface area contributed by atoms with Gasteiger partial charge in [0.25, 0.3) is 5.91 Å². The molecule has 1 fully saturated rings. The van der Waals surface area contributed by atoms with Crippen molar-refractivity contribution >= 4 is 5.91 Å². The Bertz CT molecular complexity index is 502. The number of hydrogen-bond acceptors (Lipinski definition) is 4. The summed E-state index contributed by atoms with van der Waals surface area (Å²) < 4.78 is 7.82. The highest BCUT2D eigenvalue weighted by atomic mass is 16.5. The predicted octanol–water partition coefficient (Wildman–Crippen LogP) is 0.235. The Hall–Kier alpha value is -1.40. The summed E-state index contributed by atoms with van der Waals surface area (Å²) in [6.45, 7) is 4.03. The molecule has 1 amide bonds. The van der Waals surface area contributed by atoms with Crippen LogP contribution in [0.4, 0.5) is 0 Å². The number of carbonyl (C=O) groups is 1. The Labute approximate surface area is 125 Å². The summed E-state index contributed by atoms with van der Waals surface area (Å²) >= 11 is 0. The monoisotopic (exact) mass is 292 g/mol. The molecule has 2 aliphatic rings. The van der Waals surface area contributed by atoms with Crippen LogP contribution >= 0.6 is 0 Å². The van der Waals surface area contributed by atoms with Gasteiger partial charge in [-0.2, -0.15) is 0 Å². The average molecular weight is 292 g/mol. The van der Waals surface area contributed by atoms with Gasteiger partial charge in [0.1, 0.15) is 11.9 Å². The van der Waals surface area contributed by atoms with Gasteiger partial charge in [-0.25, -0.2) is 4.98 Å². The predicted molar refractivity (Wildman–Crippen MR) is 78.9 cm³/mol. The lowest BCUT2D eigenvalue weighted by atomic mass is 9.97. The third-order valence-electron chi connectivity index (χ3n) is 4.50. The fourth-order valence-corrected chi connectivity index (χ4v) is 3.22. The van der Waals surface area contributed by atoms with Gasteiger partial charge in [0.05, 0.1) is 6.61 Å². The number of imidazole rings is 1. The van der Waals surface area contributed by atoms with Gasteiger partial charge in [0.15, 0.2) is 0 Å². The second kappa shape index (κ2) is 6.15. The van der Waals surface area contributed by atoms with E-state index in [1.54, 1.807) is 0 Å². The number of hydrogen-bond donors (Lipinski definition) is 0. The van der Waals surface area contributed by atoms with E-state index in [2.05, 4.69) is 14.5 Å². The van der Waals surface area contributed by atoms with Crippen LogP contribution in [-0.2, 0) is 22.5 Å². The smallest absolute Gasteiger partial charge is 0.252 e. The number of aryl methyl sites for hydroxylation is 1. The van der Waals surface area contributed by atoms with Crippen molar-refractivity contribution in [2.75, 3.05) is 40.3 Å². The van der Waals surface area contributed by atoms with E-state index in [1.807, 2.05) is 31.4 Å². The molecule has 0 radical (unpaired) electrons. The maximum absolute atomic E-state index is 12.5. The Kier molecular flexibility index (Phi) is 4.26. The zero-order chi connectivity index (χ0) is 14.8. The van der Waals surface area contributed by atoms with E-state index in [9.17, 15) is 4.79 Å². The van der Waals surface area contributed by atoms with Crippen molar-refractivity contribution < 1.29 is 9.53 Å². The molecular formula is C15H24N4O2. The van der Waals surface area contributed by atoms with Gasteiger partial charge >= 0.3 is 0 Å². The van der Waals surface area contributed by atoms with Crippen LogP contribution in [0.5, 0.6) is 0 Å². The minimum absolute atomic E-state index is 0.107. The number of nitrogens with zero attached hydrogens (tertiary/aromatic N) is 4. The number of ether oxygens (including phenoxy) is 1. The second-order valence-electron chi connectivity index (χ2n) is 6.24. The second-order valence-corrected chi connectivity index (χ2v) is 6.24. The van der Waals surface area contributed by atoms with Crippen LogP contribution in [-0.4, -0.2) is 71.7 Å². The zero-order valence-electron chi connectivity index (χ0n) is 12.9. The van der Waals surface area contributed by atoms with E-state index in [1.165, 1.54) is 0 Å². The van der Waals surface area contributed by atoms with Crippen molar-refractivity contribution in [2.45, 2.75) is 25.5 Å². The summed E-state index contributed by atoms with van der Waals surface area (Å²) in [5, 5.41) is 0. The molecule has 21 heavy (non-hydrogen) atoms. The van der Waals surface area contributed by atoms with E-state index in [4.69, 9.17) is 4.74 Å². The molecule has 0 aliphatic carbocycles. The van der Waals surface area contributed by atoms with Gasteiger partial charge in [0.2, 0.25) is 0 Å². The molecule has 0 N–H and O–H groups in total. The maximum atomic E-state index is 12.5. The van der Waals surface area contributed by atoms with Gasteiger partial charge in [-0.15, -0.1) is 0 Å².